The van der Waals surface area contributed by atoms with E-state index in [4.69, 9.17) is 9.88 Å². The summed E-state index contributed by atoms with van der Waals surface area (Å²) in [5.74, 6) is 0.569. The first kappa shape index (κ1) is 22.4. The van der Waals surface area contributed by atoms with Gasteiger partial charge in [0.15, 0.2) is 9.92 Å². The van der Waals surface area contributed by atoms with E-state index < -0.39 is 15.9 Å². The molecule has 9 nitrogen and oxygen atoms in total. The van der Waals surface area contributed by atoms with E-state index in [9.17, 15) is 9.00 Å². The number of nitrogens with one attached hydrogen (secondary N) is 1. The molecule has 3 atom stereocenters. The maximum absolute atomic E-state index is 13.4. The molecule has 0 fully saturated rings. The minimum Gasteiger partial charge on any atom is -0.473 e. The lowest BCUT2D eigenvalue weighted by molar-refractivity contribution is 0.0663. The van der Waals surface area contributed by atoms with Gasteiger partial charge in [0.05, 0.1) is 12.7 Å². The third-order valence-corrected chi connectivity index (χ3v) is 8.31. The highest BCUT2D eigenvalue weighted by atomic mass is 32.2. The van der Waals surface area contributed by atoms with Gasteiger partial charge >= 0.3 is 6.03 Å². The van der Waals surface area contributed by atoms with Crippen LogP contribution in [0.3, 0.4) is 0 Å². The fourth-order valence-corrected chi connectivity index (χ4v) is 6.39. The van der Waals surface area contributed by atoms with Crippen LogP contribution < -0.4 is 15.2 Å². The summed E-state index contributed by atoms with van der Waals surface area (Å²) in [4.78, 5) is 15.2. The Kier molecular flexibility index (Phi) is 5.70. The van der Waals surface area contributed by atoms with Crippen LogP contribution in [-0.2, 0) is 42.1 Å². The second-order valence-corrected chi connectivity index (χ2v) is 11.4. The molecule has 2 amide bonds. The molecule has 0 bridgehead atoms. The van der Waals surface area contributed by atoms with Crippen LogP contribution in [0, 0.1) is 5.92 Å². The lowest BCUT2D eigenvalue weighted by Gasteiger charge is -2.32. The molecule has 0 saturated heterocycles. The molecule has 1 aromatic carbocycles. The van der Waals surface area contributed by atoms with Gasteiger partial charge in [-0.15, -0.1) is 4.36 Å². The number of carbonyl (C=O) groups is 1. The van der Waals surface area contributed by atoms with Gasteiger partial charge in [-0.25, -0.2) is 18.8 Å². The number of nitrogens with two attached hydrogens (primary N) is 1. The number of nitrogens with zero attached hydrogens (tertiary/aromatic N) is 4. The Labute approximate surface area is 195 Å². The number of carbonyl (C=O) groups excluding carboxylic acids is 1. The van der Waals surface area contributed by atoms with Crippen molar-refractivity contribution in [2.24, 2.45) is 15.4 Å². The third kappa shape index (κ3) is 4.15. The smallest absolute Gasteiger partial charge is 0.354 e. The van der Waals surface area contributed by atoms with E-state index in [1.165, 1.54) is 28.5 Å². The van der Waals surface area contributed by atoms with Gasteiger partial charge in [-0.3, -0.25) is 0 Å². The van der Waals surface area contributed by atoms with Crippen LogP contribution in [-0.4, -0.2) is 51.7 Å². The van der Waals surface area contributed by atoms with Crippen molar-refractivity contribution in [2.75, 3.05) is 26.0 Å². The Bertz CT molecular complexity index is 1200. The number of aromatic nitrogens is 2. The molecule has 178 valence electrons. The number of aryl methyl sites for hydroxylation is 2. The van der Waals surface area contributed by atoms with Gasteiger partial charge in [0.2, 0.25) is 5.88 Å². The van der Waals surface area contributed by atoms with Gasteiger partial charge in [-0.2, -0.15) is 5.10 Å². The fraction of sp³-hybridized carbons (Fsp3) is 0.565. The van der Waals surface area contributed by atoms with E-state index in [1.54, 1.807) is 4.68 Å². The molecule has 3 unspecified atom stereocenters. The number of hydrogen-bond donors (Lipinski definition) is 2. The highest BCUT2D eigenvalue weighted by Crippen LogP contribution is 2.39. The van der Waals surface area contributed by atoms with Crippen molar-refractivity contribution in [1.82, 2.24) is 14.7 Å². The number of amides is 2. The van der Waals surface area contributed by atoms with E-state index >= 15 is 0 Å². The highest BCUT2D eigenvalue weighted by Gasteiger charge is 2.33. The van der Waals surface area contributed by atoms with Crippen molar-refractivity contribution in [3.63, 3.8) is 0 Å². The van der Waals surface area contributed by atoms with Crippen LogP contribution in [0.25, 0.3) is 0 Å². The van der Waals surface area contributed by atoms with Crippen molar-refractivity contribution < 1.29 is 13.7 Å². The molecule has 0 spiro atoms. The molecule has 1 aliphatic heterocycles. The van der Waals surface area contributed by atoms with Gasteiger partial charge in [-0.05, 0) is 81.8 Å². The SMILES string of the molecule is CC1Oc2c(S(N)(=O)=NC(=O)Nc3c4c(cc5c3CCC5)CCC4)cnn2CC1CN(C)C. The zero-order valence-electron chi connectivity index (χ0n) is 19.5. The molecule has 3 aliphatic rings. The van der Waals surface area contributed by atoms with Crippen molar-refractivity contribution in [2.45, 2.75) is 63.0 Å². The number of anilines is 1. The zero-order chi connectivity index (χ0) is 23.3. The predicted octanol–water partition coefficient (Wildman–Crippen LogP) is 2.75. The monoisotopic (exact) mass is 472 g/mol. The van der Waals surface area contributed by atoms with Gasteiger partial charge in [0, 0.05) is 18.2 Å². The van der Waals surface area contributed by atoms with Crippen LogP contribution in [0.2, 0.25) is 0 Å². The van der Waals surface area contributed by atoms with Crippen LogP contribution in [0.1, 0.15) is 42.0 Å². The number of hydrogen-bond acceptors (Lipinski definition) is 5. The number of benzene rings is 1. The topological polar surface area (TPSA) is 115 Å². The number of fused-ring (bicyclic) bond motifs is 3. The summed E-state index contributed by atoms with van der Waals surface area (Å²) in [6.07, 6.45) is 7.41. The van der Waals surface area contributed by atoms with Crippen LogP contribution in [0.4, 0.5) is 10.5 Å². The number of rotatable bonds is 4. The van der Waals surface area contributed by atoms with Gasteiger partial charge < -0.3 is 15.0 Å². The van der Waals surface area contributed by atoms with Crippen molar-refractivity contribution in [3.05, 3.63) is 34.5 Å². The standard InChI is InChI=1S/C23H32N6O3S/c1-14-17(12-28(2)3)13-29-22(32-14)20(11-25-29)33(24,31)27-23(30)26-21-18-8-4-6-15(18)10-16-7-5-9-19(16)21/h10-11,14,17H,4-9,12-13H2,1-3H3,(H3,24,26,27,30,31). The summed E-state index contributed by atoms with van der Waals surface area (Å²) in [5.41, 5.74) is 5.85. The van der Waals surface area contributed by atoms with Crippen molar-refractivity contribution in [3.8, 4) is 5.88 Å². The maximum Gasteiger partial charge on any atom is 0.354 e. The van der Waals surface area contributed by atoms with Gasteiger partial charge in [-0.1, -0.05) is 6.07 Å². The predicted molar refractivity (Wildman–Crippen MR) is 127 cm³/mol. The van der Waals surface area contributed by atoms with Crippen molar-refractivity contribution in [1.29, 1.82) is 0 Å². The Morgan fingerprint density at radius 3 is 2.58 bits per heavy atom. The van der Waals surface area contributed by atoms with E-state index in [-0.39, 0.29) is 16.9 Å². The Morgan fingerprint density at radius 1 is 1.27 bits per heavy atom. The zero-order valence-corrected chi connectivity index (χ0v) is 20.3. The van der Waals surface area contributed by atoms with Gasteiger partial charge in [0.25, 0.3) is 0 Å². The molecule has 33 heavy (non-hydrogen) atoms. The molecule has 2 aliphatic carbocycles. The molecule has 10 heteroatoms. The van der Waals surface area contributed by atoms with E-state index in [0.717, 1.165) is 50.8 Å². The van der Waals surface area contributed by atoms with Gasteiger partial charge in [0.1, 0.15) is 11.0 Å². The largest absolute Gasteiger partial charge is 0.473 e. The Balaban J connectivity index is 1.42. The van der Waals surface area contributed by atoms with Crippen molar-refractivity contribution >= 4 is 21.6 Å². The molecule has 2 heterocycles. The summed E-state index contributed by atoms with van der Waals surface area (Å²) >= 11 is 0. The summed E-state index contributed by atoms with van der Waals surface area (Å²) in [6, 6.07) is 1.61. The van der Waals surface area contributed by atoms with Crippen LogP contribution >= 0.6 is 0 Å². The van der Waals surface area contributed by atoms with E-state index in [2.05, 4.69) is 25.7 Å². The average molecular weight is 473 g/mol. The summed E-state index contributed by atoms with van der Waals surface area (Å²) in [5, 5.41) is 13.4. The first-order chi connectivity index (χ1) is 15.7. The minimum atomic E-state index is -3.53. The lowest BCUT2D eigenvalue weighted by atomic mass is 9.99. The first-order valence-corrected chi connectivity index (χ1v) is 13.2. The lowest BCUT2D eigenvalue weighted by Crippen LogP contribution is -2.40. The van der Waals surface area contributed by atoms with E-state index in [1.807, 2.05) is 21.0 Å². The summed E-state index contributed by atoms with van der Waals surface area (Å²) < 4.78 is 25.0. The third-order valence-electron chi connectivity index (χ3n) is 6.97. The Morgan fingerprint density at radius 2 is 1.94 bits per heavy atom. The van der Waals surface area contributed by atoms with E-state index in [0.29, 0.717) is 12.4 Å². The number of urea groups is 1. The maximum atomic E-state index is 13.4. The quantitative estimate of drug-likeness (QED) is 0.710. The van der Waals surface area contributed by atoms with Crippen LogP contribution in [0.15, 0.2) is 21.5 Å². The second-order valence-electron chi connectivity index (χ2n) is 9.67. The highest BCUT2D eigenvalue weighted by molar-refractivity contribution is 7.91. The molecule has 5 rings (SSSR count). The molecular weight excluding hydrogens is 440 g/mol. The summed E-state index contributed by atoms with van der Waals surface area (Å²) in [6.45, 7) is 3.44. The molecule has 0 radical (unpaired) electrons. The normalized spacial score (nSPS) is 22.8. The van der Waals surface area contributed by atoms with Crippen LogP contribution in [0.5, 0.6) is 5.88 Å². The molecule has 3 N–H and O–H groups in total. The average Bonchev–Trinajstić information content (AvgIpc) is 3.46. The fourth-order valence-electron chi connectivity index (χ4n) is 5.39. The molecule has 0 saturated carbocycles. The first-order valence-electron chi connectivity index (χ1n) is 11.6. The minimum absolute atomic E-state index is 0.103. The summed E-state index contributed by atoms with van der Waals surface area (Å²) in [7, 11) is 0.499. The molecule has 1 aromatic heterocycles. The Hall–Kier alpha value is -2.43. The number of ether oxygens (including phenoxy) is 1. The second kappa shape index (κ2) is 8.41. The molecular formula is C23H32N6O3S. The molecule has 2 aromatic rings.